The van der Waals surface area contributed by atoms with Crippen molar-refractivity contribution in [3.8, 4) is 11.1 Å². The van der Waals surface area contributed by atoms with Crippen LogP contribution in [0.5, 0.6) is 0 Å². The minimum Gasteiger partial charge on any atom is -0.369 e. The molecule has 1 atom stereocenters. The van der Waals surface area contributed by atoms with Crippen LogP contribution in [-0.2, 0) is 4.79 Å². The molecule has 31 heavy (non-hydrogen) atoms. The molecule has 160 valence electrons. The summed E-state index contributed by atoms with van der Waals surface area (Å²) in [6, 6.07) is 13.6. The lowest BCUT2D eigenvalue weighted by Gasteiger charge is -2.39. The molecule has 0 radical (unpaired) electrons. The van der Waals surface area contributed by atoms with E-state index < -0.39 is 0 Å². The lowest BCUT2D eigenvalue weighted by Crippen LogP contribution is -2.51. The zero-order valence-electron chi connectivity index (χ0n) is 17.7. The third kappa shape index (κ3) is 3.33. The second kappa shape index (κ2) is 7.57. The van der Waals surface area contributed by atoms with Crippen LogP contribution >= 0.6 is 0 Å². The van der Waals surface area contributed by atoms with E-state index in [4.69, 9.17) is 0 Å². The average Bonchev–Trinajstić information content (AvgIpc) is 3.43. The van der Waals surface area contributed by atoms with Crippen molar-refractivity contribution in [2.75, 3.05) is 55.6 Å². The molecule has 5 heterocycles. The van der Waals surface area contributed by atoms with Crippen molar-refractivity contribution < 1.29 is 4.79 Å². The fourth-order valence-corrected chi connectivity index (χ4v) is 5.30. The van der Waals surface area contributed by atoms with Crippen molar-refractivity contribution in [1.29, 1.82) is 0 Å². The number of carbonyl (C=O) groups is 1. The minimum atomic E-state index is 0.318. The predicted molar refractivity (Wildman–Crippen MR) is 123 cm³/mol. The van der Waals surface area contributed by atoms with Gasteiger partial charge in [-0.2, -0.15) is 5.10 Å². The average molecular weight is 417 g/mol. The second-order valence-corrected chi connectivity index (χ2v) is 8.78. The number of hydrogen-bond acceptors (Lipinski definition) is 5. The first-order valence-corrected chi connectivity index (χ1v) is 11.3. The molecule has 1 aromatic carbocycles. The maximum atomic E-state index is 12.0. The molecule has 6 rings (SSSR count). The van der Waals surface area contributed by atoms with Gasteiger partial charge in [0.15, 0.2) is 0 Å². The first-order chi connectivity index (χ1) is 15.3. The smallest absolute Gasteiger partial charge is 0.223 e. The Hall–Kier alpha value is -3.06. The number of carbonyl (C=O) groups excluding carboxylic acids is 1. The van der Waals surface area contributed by atoms with Crippen molar-refractivity contribution in [2.45, 2.75) is 18.9 Å². The fraction of sp³-hybridized carbons (Fsp3) is 0.417. The first kappa shape index (κ1) is 18.7. The number of benzene rings is 1. The van der Waals surface area contributed by atoms with Crippen molar-refractivity contribution in [2.24, 2.45) is 0 Å². The first-order valence-electron chi connectivity index (χ1n) is 11.3. The summed E-state index contributed by atoms with van der Waals surface area (Å²) >= 11 is 0. The molecule has 1 unspecified atom stereocenters. The van der Waals surface area contributed by atoms with Crippen molar-refractivity contribution in [3.05, 3.63) is 48.8 Å². The summed E-state index contributed by atoms with van der Waals surface area (Å²) in [5, 5.41) is 7.97. The Balaban J connectivity index is 1.27. The van der Waals surface area contributed by atoms with Gasteiger partial charge in [-0.3, -0.25) is 4.79 Å². The normalized spacial score (nSPS) is 21.7. The van der Waals surface area contributed by atoms with E-state index in [1.54, 1.807) is 0 Å². The zero-order valence-corrected chi connectivity index (χ0v) is 17.7. The van der Waals surface area contributed by atoms with Gasteiger partial charge in [0.25, 0.3) is 0 Å². The van der Waals surface area contributed by atoms with Gasteiger partial charge in [-0.05, 0) is 36.2 Å². The monoisotopic (exact) mass is 416 g/mol. The van der Waals surface area contributed by atoms with Gasteiger partial charge in [0.05, 0.1) is 11.2 Å². The fourth-order valence-electron chi connectivity index (χ4n) is 5.30. The molecule has 0 aliphatic carbocycles. The highest BCUT2D eigenvalue weighted by atomic mass is 16.2. The molecular weight excluding hydrogens is 388 g/mol. The van der Waals surface area contributed by atoms with Crippen LogP contribution in [0.2, 0.25) is 0 Å². The van der Waals surface area contributed by atoms with Gasteiger partial charge in [-0.1, -0.05) is 12.1 Å². The summed E-state index contributed by atoms with van der Waals surface area (Å²) in [7, 11) is 0. The Morgan fingerprint density at radius 3 is 2.61 bits per heavy atom. The number of nitrogens with one attached hydrogen (secondary N) is 1. The summed E-state index contributed by atoms with van der Waals surface area (Å²) in [6.45, 7) is 6.81. The number of piperazine rings is 2. The van der Waals surface area contributed by atoms with E-state index in [2.05, 4.69) is 67.7 Å². The summed E-state index contributed by atoms with van der Waals surface area (Å²) in [6.07, 6.45) is 5.67. The topological polar surface area (TPSA) is 56.1 Å². The van der Waals surface area contributed by atoms with Crippen LogP contribution in [0.15, 0.2) is 48.8 Å². The molecule has 3 fully saturated rings. The summed E-state index contributed by atoms with van der Waals surface area (Å²) in [4.78, 5) is 19.0. The third-order valence-electron chi connectivity index (χ3n) is 7.00. The second-order valence-electron chi connectivity index (χ2n) is 8.78. The molecule has 2 aromatic heterocycles. The van der Waals surface area contributed by atoms with Gasteiger partial charge in [0.1, 0.15) is 0 Å². The Kier molecular flexibility index (Phi) is 4.56. The lowest BCUT2D eigenvalue weighted by atomic mass is 10.1. The van der Waals surface area contributed by atoms with Crippen molar-refractivity contribution >= 4 is 22.8 Å². The van der Waals surface area contributed by atoms with Gasteiger partial charge in [-0.15, -0.1) is 0 Å². The molecule has 3 aliphatic rings. The Morgan fingerprint density at radius 2 is 1.77 bits per heavy atom. The van der Waals surface area contributed by atoms with Gasteiger partial charge in [-0.25, -0.2) is 4.52 Å². The molecule has 0 saturated carbocycles. The highest BCUT2D eigenvalue weighted by Gasteiger charge is 2.35. The molecule has 7 nitrogen and oxygen atoms in total. The molecule has 3 aromatic rings. The quantitative estimate of drug-likeness (QED) is 0.710. The van der Waals surface area contributed by atoms with Crippen LogP contribution in [0, 0.1) is 0 Å². The standard InChI is InChI=1S/C24H28N6O/c31-24-6-5-21-17-28(13-14-29(21)24)22-7-8-26-30-16-19(15-23(22)30)18-1-3-20(4-2-18)27-11-9-25-10-12-27/h1-4,7-8,15-16,21,25H,5-6,9-14,17H2. The van der Waals surface area contributed by atoms with Crippen LogP contribution in [-0.4, -0.2) is 72.3 Å². The minimum absolute atomic E-state index is 0.318. The molecule has 1 amide bonds. The molecule has 0 bridgehead atoms. The van der Waals surface area contributed by atoms with E-state index >= 15 is 0 Å². The van der Waals surface area contributed by atoms with Crippen LogP contribution in [0.4, 0.5) is 11.4 Å². The number of anilines is 2. The Morgan fingerprint density at radius 1 is 0.935 bits per heavy atom. The Bertz CT molecular complexity index is 1100. The van der Waals surface area contributed by atoms with E-state index in [0.717, 1.165) is 57.8 Å². The zero-order chi connectivity index (χ0) is 20.8. The van der Waals surface area contributed by atoms with Crippen molar-refractivity contribution in [1.82, 2.24) is 19.8 Å². The van der Waals surface area contributed by atoms with Gasteiger partial charge in [0.2, 0.25) is 5.91 Å². The summed E-state index contributed by atoms with van der Waals surface area (Å²) < 4.78 is 1.99. The number of nitrogens with zero attached hydrogens (tertiary/aromatic N) is 5. The number of fused-ring (bicyclic) bond motifs is 2. The third-order valence-corrected chi connectivity index (χ3v) is 7.00. The maximum absolute atomic E-state index is 12.0. The Labute approximate surface area is 182 Å². The highest BCUT2D eigenvalue weighted by Crippen LogP contribution is 2.32. The number of hydrogen-bond donors (Lipinski definition) is 1. The van der Waals surface area contributed by atoms with Crippen LogP contribution in [0.1, 0.15) is 12.8 Å². The summed E-state index contributed by atoms with van der Waals surface area (Å²) in [5.74, 6) is 0.318. The van der Waals surface area contributed by atoms with E-state index in [9.17, 15) is 4.79 Å². The van der Waals surface area contributed by atoms with E-state index in [0.29, 0.717) is 18.4 Å². The van der Waals surface area contributed by atoms with Gasteiger partial charge >= 0.3 is 0 Å². The lowest BCUT2D eigenvalue weighted by molar-refractivity contribution is -0.129. The van der Waals surface area contributed by atoms with Gasteiger partial charge in [0, 0.05) is 81.9 Å². The van der Waals surface area contributed by atoms with Crippen LogP contribution < -0.4 is 15.1 Å². The highest BCUT2D eigenvalue weighted by molar-refractivity contribution is 5.82. The van der Waals surface area contributed by atoms with E-state index in [1.807, 2.05) is 10.7 Å². The molecule has 0 spiro atoms. The molecule has 7 heteroatoms. The van der Waals surface area contributed by atoms with Crippen LogP contribution in [0.3, 0.4) is 0 Å². The SMILES string of the molecule is O=C1CCC2CN(c3ccnn4cc(-c5ccc(N6CCNCC6)cc5)cc34)CCN12. The van der Waals surface area contributed by atoms with E-state index in [-0.39, 0.29) is 0 Å². The van der Waals surface area contributed by atoms with Crippen LogP contribution in [0.25, 0.3) is 16.6 Å². The number of amides is 1. The predicted octanol–water partition coefficient (Wildman–Crippen LogP) is 2.22. The van der Waals surface area contributed by atoms with Crippen molar-refractivity contribution in [3.63, 3.8) is 0 Å². The largest absolute Gasteiger partial charge is 0.369 e. The van der Waals surface area contributed by atoms with E-state index in [1.165, 1.54) is 22.5 Å². The molecular formula is C24H28N6O. The molecule has 3 saturated heterocycles. The molecule has 3 aliphatic heterocycles. The molecule has 1 N–H and O–H groups in total. The maximum Gasteiger partial charge on any atom is 0.223 e. The number of aromatic nitrogens is 2. The number of rotatable bonds is 3. The summed E-state index contributed by atoms with van der Waals surface area (Å²) in [5.41, 5.74) is 6.01. The van der Waals surface area contributed by atoms with Gasteiger partial charge < -0.3 is 20.0 Å².